The number of ether oxygens (including phenoxy) is 2. The Morgan fingerprint density at radius 2 is 1.94 bits per heavy atom. The van der Waals surface area contributed by atoms with Crippen molar-refractivity contribution >= 4 is 56.4 Å². The summed E-state index contributed by atoms with van der Waals surface area (Å²) in [5.74, 6) is -0.415. The Hall–Kier alpha value is -3.37. The third-order valence-electron chi connectivity index (χ3n) is 4.50. The van der Waals surface area contributed by atoms with Gasteiger partial charge in [-0.15, -0.1) is 0 Å². The molecule has 0 unspecified atom stereocenters. The molecule has 2 N–H and O–H groups in total. The minimum absolute atomic E-state index is 0.000250. The SMILES string of the molecule is CCOC(=O)c1ccc2nc(NC(=O)OCCN(C)C(=O)NCc3ccccc3Cl)sc2c1. The first-order valence-corrected chi connectivity index (χ1v) is 11.3. The van der Waals surface area contributed by atoms with E-state index in [1.165, 1.54) is 16.2 Å². The highest BCUT2D eigenvalue weighted by molar-refractivity contribution is 7.22. The van der Waals surface area contributed by atoms with Crippen LogP contribution >= 0.6 is 22.9 Å². The molecule has 0 atom stereocenters. The molecule has 0 bridgehead atoms. The van der Waals surface area contributed by atoms with E-state index in [2.05, 4.69) is 15.6 Å². The van der Waals surface area contributed by atoms with Gasteiger partial charge in [0.15, 0.2) is 5.13 Å². The molecule has 3 rings (SSSR count). The van der Waals surface area contributed by atoms with Gasteiger partial charge in [0.2, 0.25) is 0 Å². The zero-order valence-corrected chi connectivity index (χ0v) is 19.7. The van der Waals surface area contributed by atoms with Gasteiger partial charge in [0.1, 0.15) is 6.61 Å². The fourth-order valence-corrected chi connectivity index (χ4v) is 3.86. The molecule has 0 radical (unpaired) electrons. The van der Waals surface area contributed by atoms with Crippen molar-refractivity contribution in [3.63, 3.8) is 0 Å². The minimum atomic E-state index is -0.690. The molecule has 174 valence electrons. The molecule has 1 heterocycles. The van der Waals surface area contributed by atoms with E-state index in [-0.39, 0.29) is 25.8 Å². The molecule has 1 aromatic heterocycles. The topological polar surface area (TPSA) is 110 Å². The monoisotopic (exact) mass is 490 g/mol. The summed E-state index contributed by atoms with van der Waals surface area (Å²) in [4.78, 5) is 41.8. The average Bonchev–Trinajstić information content (AvgIpc) is 3.19. The highest BCUT2D eigenvalue weighted by Gasteiger charge is 2.14. The Labute approximate surface area is 199 Å². The number of halogens is 1. The predicted molar refractivity (Wildman–Crippen MR) is 127 cm³/mol. The average molecular weight is 491 g/mol. The van der Waals surface area contributed by atoms with Crippen LogP contribution in [0.2, 0.25) is 5.02 Å². The summed E-state index contributed by atoms with van der Waals surface area (Å²) >= 11 is 7.29. The maximum Gasteiger partial charge on any atom is 0.413 e. The second kappa shape index (κ2) is 11.5. The van der Waals surface area contributed by atoms with Crippen LogP contribution in [-0.4, -0.2) is 54.8 Å². The number of anilines is 1. The van der Waals surface area contributed by atoms with Crippen LogP contribution in [0.4, 0.5) is 14.7 Å². The highest BCUT2D eigenvalue weighted by Crippen LogP contribution is 2.27. The zero-order chi connectivity index (χ0) is 23.8. The van der Waals surface area contributed by atoms with E-state index in [0.29, 0.717) is 27.8 Å². The fraction of sp³-hybridized carbons (Fsp3) is 0.273. The molecule has 33 heavy (non-hydrogen) atoms. The molecule has 9 nitrogen and oxygen atoms in total. The van der Waals surface area contributed by atoms with Crippen molar-refractivity contribution in [1.82, 2.24) is 15.2 Å². The van der Waals surface area contributed by atoms with Gasteiger partial charge in [-0.1, -0.05) is 41.1 Å². The number of thiazole rings is 1. The van der Waals surface area contributed by atoms with Crippen LogP contribution in [0.15, 0.2) is 42.5 Å². The van der Waals surface area contributed by atoms with Crippen molar-refractivity contribution in [2.24, 2.45) is 0 Å². The Morgan fingerprint density at radius 3 is 2.70 bits per heavy atom. The molecule has 0 aliphatic heterocycles. The third-order valence-corrected chi connectivity index (χ3v) is 5.81. The number of carbonyl (C=O) groups is 3. The molecular weight excluding hydrogens is 468 g/mol. The number of amides is 3. The van der Waals surface area contributed by atoms with Crippen LogP contribution in [0.1, 0.15) is 22.8 Å². The number of benzene rings is 2. The van der Waals surface area contributed by atoms with Gasteiger partial charge in [-0.05, 0) is 36.8 Å². The van der Waals surface area contributed by atoms with Gasteiger partial charge in [-0.25, -0.2) is 19.4 Å². The van der Waals surface area contributed by atoms with Gasteiger partial charge < -0.3 is 19.7 Å². The molecule has 0 aliphatic carbocycles. The smallest absolute Gasteiger partial charge is 0.413 e. The van der Waals surface area contributed by atoms with E-state index in [1.807, 2.05) is 18.2 Å². The summed E-state index contributed by atoms with van der Waals surface area (Å²) in [5, 5.41) is 6.23. The summed E-state index contributed by atoms with van der Waals surface area (Å²) in [6, 6.07) is 11.9. The highest BCUT2D eigenvalue weighted by atomic mass is 35.5. The number of esters is 1. The number of fused-ring (bicyclic) bond motifs is 1. The summed E-state index contributed by atoms with van der Waals surface area (Å²) < 4.78 is 10.9. The molecule has 0 saturated carbocycles. The molecule has 11 heteroatoms. The molecule has 0 saturated heterocycles. The number of rotatable bonds is 8. The molecule has 0 spiro atoms. The third kappa shape index (κ3) is 6.80. The van der Waals surface area contributed by atoms with Crippen molar-refractivity contribution < 1.29 is 23.9 Å². The maximum atomic E-state index is 12.2. The predicted octanol–water partition coefficient (Wildman–Crippen LogP) is 4.52. The Morgan fingerprint density at radius 1 is 1.15 bits per heavy atom. The van der Waals surface area contributed by atoms with Gasteiger partial charge in [-0.2, -0.15) is 0 Å². The lowest BCUT2D eigenvalue weighted by Crippen LogP contribution is -2.39. The number of hydrogen-bond acceptors (Lipinski definition) is 7. The van der Waals surface area contributed by atoms with Crippen LogP contribution in [0.5, 0.6) is 0 Å². The zero-order valence-electron chi connectivity index (χ0n) is 18.1. The Bertz CT molecular complexity index is 1150. The largest absolute Gasteiger partial charge is 0.462 e. The second-order valence-corrected chi connectivity index (χ2v) is 8.29. The Balaban J connectivity index is 1.44. The first-order valence-electron chi connectivity index (χ1n) is 10.1. The van der Waals surface area contributed by atoms with Crippen LogP contribution < -0.4 is 10.6 Å². The van der Waals surface area contributed by atoms with Crippen molar-refractivity contribution in [3.8, 4) is 0 Å². The summed E-state index contributed by atoms with van der Waals surface area (Å²) in [7, 11) is 1.60. The number of likely N-dealkylation sites (N-methyl/N-ethyl adjacent to an activating group) is 1. The molecular formula is C22H23ClN4O5S. The number of urea groups is 1. The summed E-state index contributed by atoms with van der Waals surface area (Å²) in [6.45, 7) is 2.52. The van der Waals surface area contributed by atoms with Gasteiger partial charge in [-0.3, -0.25) is 5.32 Å². The first kappa shape index (κ1) is 24.3. The van der Waals surface area contributed by atoms with Gasteiger partial charge in [0.25, 0.3) is 0 Å². The van der Waals surface area contributed by atoms with Crippen LogP contribution in [0, 0.1) is 0 Å². The molecule has 3 aromatic rings. The van der Waals surface area contributed by atoms with Crippen molar-refractivity contribution in [2.75, 3.05) is 32.1 Å². The van der Waals surface area contributed by atoms with Crippen molar-refractivity contribution in [2.45, 2.75) is 13.5 Å². The van der Waals surface area contributed by atoms with Gasteiger partial charge in [0.05, 0.1) is 28.9 Å². The second-order valence-electron chi connectivity index (χ2n) is 6.85. The van der Waals surface area contributed by atoms with Gasteiger partial charge in [0, 0.05) is 18.6 Å². The fourth-order valence-electron chi connectivity index (χ4n) is 2.77. The van der Waals surface area contributed by atoms with Crippen molar-refractivity contribution in [3.05, 3.63) is 58.6 Å². The number of hydrogen-bond donors (Lipinski definition) is 2. The number of carbonyl (C=O) groups excluding carboxylic acids is 3. The van der Waals surface area contributed by atoms with Gasteiger partial charge >= 0.3 is 18.1 Å². The van der Waals surface area contributed by atoms with E-state index in [4.69, 9.17) is 21.1 Å². The van der Waals surface area contributed by atoms with E-state index in [0.717, 1.165) is 10.3 Å². The Kier molecular flexibility index (Phi) is 8.45. The summed E-state index contributed by atoms with van der Waals surface area (Å²) in [6.07, 6.45) is -0.690. The van der Waals surface area contributed by atoms with Crippen LogP contribution in [0.25, 0.3) is 10.2 Å². The lowest BCUT2D eigenvalue weighted by Gasteiger charge is -2.18. The molecule has 0 aliphatic rings. The number of nitrogens with one attached hydrogen (secondary N) is 2. The van der Waals surface area contributed by atoms with E-state index in [9.17, 15) is 14.4 Å². The van der Waals surface area contributed by atoms with Crippen LogP contribution in [0.3, 0.4) is 0 Å². The van der Waals surface area contributed by atoms with Crippen molar-refractivity contribution in [1.29, 1.82) is 0 Å². The van der Waals surface area contributed by atoms with E-state index in [1.54, 1.807) is 38.2 Å². The van der Waals surface area contributed by atoms with E-state index < -0.39 is 12.1 Å². The summed E-state index contributed by atoms with van der Waals surface area (Å²) in [5.41, 5.74) is 1.86. The normalized spacial score (nSPS) is 10.5. The number of nitrogens with zero attached hydrogens (tertiary/aromatic N) is 2. The van der Waals surface area contributed by atoms with E-state index >= 15 is 0 Å². The lowest BCUT2D eigenvalue weighted by molar-refractivity contribution is 0.0526. The molecule has 3 amide bonds. The maximum absolute atomic E-state index is 12.2. The standard InChI is InChI=1S/C22H23ClN4O5S/c1-3-31-19(28)14-8-9-17-18(12-14)33-20(25-17)26-22(30)32-11-10-27(2)21(29)24-13-15-6-4-5-7-16(15)23/h4-9,12H,3,10-11,13H2,1-2H3,(H,24,29)(H,25,26,30). The number of aromatic nitrogens is 1. The first-order chi connectivity index (χ1) is 15.9. The quantitative estimate of drug-likeness (QED) is 0.449. The lowest BCUT2D eigenvalue weighted by atomic mass is 10.2. The van der Waals surface area contributed by atoms with Crippen LogP contribution in [-0.2, 0) is 16.0 Å². The molecule has 0 fully saturated rings. The molecule has 2 aromatic carbocycles. The minimum Gasteiger partial charge on any atom is -0.462 e.